The van der Waals surface area contributed by atoms with Crippen molar-refractivity contribution in [1.29, 1.82) is 0 Å². The number of para-hydroxylation sites is 2. The predicted octanol–water partition coefficient (Wildman–Crippen LogP) is 2.48. The third-order valence-corrected chi connectivity index (χ3v) is 7.44. The summed E-state index contributed by atoms with van der Waals surface area (Å²) in [4.78, 5) is 29.5. The zero-order valence-corrected chi connectivity index (χ0v) is 20.2. The van der Waals surface area contributed by atoms with Crippen LogP contribution in [0.1, 0.15) is 24.8 Å². The number of benzene rings is 2. The Morgan fingerprint density at radius 2 is 1.92 bits per heavy atom. The van der Waals surface area contributed by atoms with Gasteiger partial charge in [-0.15, -0.1) is 0 Å². The Kier molecular flexibility index (Phi) is 5.78. The number of ether oxygens (including phenoxy) is 2. The van der Waals surface area contributed by atoms with E-state index >= 15 is 0 Å². The van der Waals surface area contributed by atoms with Crippen LogP contribution in [-0.4, -0.2) is 55.4 Å². The van der Waals surface area contributed by atoms with Crippen molar-refractivity contribution in [3.05, 3.63) is 64.7 Å². The minimum atomic E-state index is -0.947. The third-order valence-electron chi connectivity index (χ3n) is 7.44. The first-order valence-corrected chi connectivity index (χ1v) is 12.4. The van der Waals surface area contributed by atoms with Crippen molar-refractivity contribution < 1.29 is 23.5 Å². The van der Waals surface area contributed by atoms with E-state index in [1.165, 1.54) is 0 Å². The summed E-state index contributed by atoms with van der Waals surface area (Å²) < 4.78 is 17.2. The van der Waals surface area contributed by atoms with E-state index in [4.69, 9.17) is 13.9 Å². The number of carbonyl (C=O) groups is 2. The Labute approximate surface area is 208 Å². The number of rotatable bonds is 5. The molecule has 0 saturated carbocycles. The lowest BCUT2D eigenvalue weighted by Crippen LogP contribution is -2.55. The van der Waals surface area contributed by atoms with Gasteiger partial charge in [0.2, 0.25) is 5.91 Å². The van der Waals surface area contributed by atoms with Crippen molar-refractivity contribution in [3.8, 4) is 0 Å². The summed E-state index contributed by atoms with van der Waals surface area (Å²) in [6, 6.07) is 15.8. The fraction of sp³-hybridized carbons (Fsp3) is 0.357. The van der Waals surface area contributed by atoms with Gasteiger partial charge in [-0.2, -0.15) is 0 Å². The van der Waals surface area contributed by atoms with Gasteiger partial charge in [-0.05, 0) is 25.0 Å². The zero-order valence-electron chi connectivity index (χ0n) is 20.2. The summed E-state index contributed by atoms with van der Waals surface area (Å²) in [5.74, 6) is -0.109. The molecular formula is C28H29N3O5. The van der Waals surface area contributed by atoms with Gasteiger partial charge in [-0.25, -0.2) is 4.79 Å². The van der Waals surface area contributed by atoms with Crippen LogP contribution in [0.3, 0.4) is 0 Å². The number of hydrogen-bond acceptors (Lipinski definition) is 6. The Bertz CT molecular complexity index is 1440. The fourth-order valence-electron chi connectivity index (χ4n) is 5.54. The number of methoxy groups -OCH3 is 1. The number of piperidine rings is 1. The topological polar surface area (TPSA) is 84.2 Å². The van der Waals surface area contributed by atoms with Crippen LogP contribution in [0.4, 0.5) is 10.5 Å². The van der Waals surface area contributed by atoms with Crippen LogP contribution in [0, 0.1) is 0 Å². The summed E-state index contributed by atoms with van der Waals surface area (Å²) in [5, 5.41) is 5.17. The van der Waals surface area contributed by atoms with Crippen LogP contribution in [0.25, 0.3) is 23.1 Å². The van der Waals surface area contributed by atoms with Gasteiger partial charge in [-0.1, -0.05) is 42.5 Å². The van der Waals surface area contributed by atoms with Gasteiger partial charge in [0.25, 0.3) is 0 Å². The van der Waals surface area contributed by atoms with E-state index in [9.17, 15) is 9.59 Å². The molecule has 3 aromatic rings. The molecule has 1 aliphatic carbocycles. The number of cyclic esters (lactones) is 1. The Morgan fingerprint density at radius 3 is 2.75 bits per heavy atom. The van der Waals surface area contributed by atoms with Crippen LogP contribution in [0.2, 0.25) is 0 Å². The molecule has 8 heteroatoms. The van der Waals surface area contributed by atoms with Crippen LogP contribution in [0.15, 0.2) is 52.9 Å². The average molecular weight is 488 g/mol. The van der Waals surface area contributed by atoms with Crippen LogP contribution < -0.4 is 20.9 Å². The monoisotopic (exact) mass is 487 g/mol. The van der Waals surface area contributed by atoms with Crippen molar-refractivity contribution in [2.45, 2.75) is 37.6 Å². The Balaban J connectivity index is 1.10. The van der Waals surface area contributed by atoms with Crippen LogP contribution in [0.5, 0.6) is 0 Å². The second-order valence-electron chi connectivity index (χ2n) is 9.63. The molecule has 0 radical (unpaired) electrons. The molecule has 1 aromatic heterocycles. The van der Waals surface area contributed by atoms with Crippen molar-refractivity contribution in [3.63, 3.8) is 0 Å². The molecule has 2 aliphatic heterocycles. The first-order chi connectivity index (χ1) is 17.5. The van der Waals surface area contributed by atoms with Gasteiger partial charge in [0.1, 0.15) is 17.6 Å². The SMILES string of the molecule is COC1(NC(=O)CN2CCC(N3C(=O)OCc4ccccc43)CC2)C=c2oc3ccccc3c2=CC1. The first kappa shape index (κ1) is 22.8. The van der Waals surface area contributed by atoms with E-state index in [0.717, 1.165) is 40.3 Å². The molecule has 8 nitrogen and oxygen atoms in total. The molecule has 1 fully saturated rings. The summed E-state index contributed by atoms with van der Waals surface area (Å²) in [7, 11) is 1.60. The zero-order chi connectivity index (χ0) is 24.7. The average Bonchev–Trinajstić information content (AvgIpc) is 3.26. The molecule has 1 unspecified atom stereocenters. The van der Waals surface area contributed by atoms with E-state index in [0.29, 0.717) is 31.5 Å². The van der Waals surface area contributed by atoms with Crippen molar-refractivity contribution in [2.24, 2.45) is 0 Å². The molecular weight excluding hydrogens is 458 g/mol. The molecule has 36 heavy (non-hydrogen) atoms. The molecule has 0 bridgehead atoms. The lowest BCUT2D eigenvalue weighted by Gasteiger charge is -2.40. The molecule has 186 valence electrons. The number of hydrogen-bond donors (Lipinski definition) is 1. The lowest BCUT2D eigenvalue weighted by molar-refractivity contribution is -0.128. The van der Waals surface area contributed by atoms with E-state index in [1.54, 1.807) is 12.0 Å². The maximum Gasteiger partial charge on any atom is 0.414 e. The molecule has 6 rings (SSSR count). The number of fused-ring (bicyclic) bond motifs is 4. The van der Waals surface area contributed by atoms with E-state index in [2.05, 4.69) is 16.3 Å². The fourth-order valence-corrected chi connectivity index (χ4v) is 5.54. The Morgan fingerprint density at radius 1 is 1.14 bits per heavy atom. The van der Waals surface area contributed by atoms with E-state index < -0.39 is 5.72 Å². The number of carbonyl (C=O) groups excluding carboxylic acids is 2. The van der Waals surface area contributed by atoms with Gasteiger partial charge in [0.05, 0.1) is 12.2 Å². The third kappa shape index (κ3) is 4.06. The number of anilines is 1. The second kappa shape index (κ2) is 9.11. The predicted molar refractivity (Wildman–Crippen MR) is 135 cm³/mol. The molecule has 1 saturated heterocycles. The van der Waals surface area contributed by atoms with Gasteiger partial charge >= 0.3 is 6.09 Å². The molecule has 0 spiro atoms. The highest BCUT2D eigenvalue weighted by Crippen LogP contribution is 2.31. The number of nitrogens with zero attached hydrogens (tertiary/aromatic N) is 2. The molecule has 3 aliphatic rings. The highest BCUT2D eigenvalue weighted by Gasteiger charge is 2.35. The van der Waals surface area contributed by atoms with Crippen molar-refractivity contribution in [2.75, 3.05) is 31.6 Å². The van der Waals surface area contributed by atoms with Crippen molar-refractivity contribution >= 4 is 40.8 Å². The van der Waals surface area contributed by atoms with Crippen LogP contribution >= 0.6 is 0 Å². The molecule has 3 heterocycles. The maximum atomic E-state index is 13.0. The van der Waals surface area contributed by atoms with Crippen LogP contribution in [-0.2, 0) is 20.9 Å². The minimum absolute atomic E-state index is 0.0522. The highest BCUT2D eigenvalue weighted by molar-refractivity contribution is 5.91. The maximum absolute atomic E-state index is 13.0. The molecule has 2 aromatic carbocycles. The molecule has 1 atom stereocenters. The Hall–Kier alpha value is -3.62. The van der Waals surface area contributed by atoms with Crippen molar-refractivity contribution in [1.82, 2.24) is 10.2 Å². The van der Waals surface area contributed by atoms with Gasteiger partial charge in [0.15, 0.2) is 5.72 Å². The quantitative estimate of drug-likeness (QED) is 0.557. The normalized spacial score (nSPS) is 22.2. The lowest BCUT2D eigenvalue weighted by atomic mass is 10.0. The second-order valence-corrected chi connectivity index (χ2v) is 9.63. The summed E-state index contributed by atoms with van der Waals surface area (Å²) in [6.45, 7) is 2.01. The minimum Gasteiger partial charge on any atom is -0.456 e. The summed E-state index contributed by atoms with van der Waals surface area (Å²) >= 11 is 0. The number of likely N-dealkylation sites (tertiary alicyclic amines) is 1. The molecule has 2 amide bonds. The number of nitrogens with one attached hydrogen (secondary N) is 1. The van der Waals surface area contributed by atoms with E-state index in [-0.39, 0.29) is 24.6 Å². The van der Waals surface area contributed by atoms with Gasteiger partial charge < -0.3 is 19.2 Å². The summed E-state index contributed by atoms with van der Waals surface area (Å²) in [5.41, 5.74) is 2.53. The first-order valence-electron chi connectivity index (χ1n) is 12.4. The molecule has 1 N–H and O–H groups in total. The summed E-state index contributed by atoms with van der Waals surface area (Å²) in [6.07, 6.45) is 5.70. The van der Waals surface area contributed by atoms with E-state index in [1.807, 2.05) is 54.6 Å². The van der Waals surface area contributed by atoms with Gasteiger partial charge in [0, 0.05) is 54.9 Å². The largest absolute Gasteiger partial charge is 0.456 e. The standard InChI is InChI=1S/C28H29N3O5/c1-34-28(13-10-22-21-7-3-5-9-24(21)36-25(22)16-28)29-26(32)17-30-14-11-20(12-15-30)31-23-8-4-2-6-19(23)18-35-27(31)33/h2-10,16,20H,11-15,17-18H2,1H3,(H,29,32). The number of amides is 2. The highest BCUT2D eigenvalue weighted by atomic mass is 16.6. The van der Waals surface area contributed by atoms with Gasteiger partial charge in [-0.3, -0.25) is 14.6 Å². The smallest absolute Gasteiger partial charge is 0.414 e. The number of furan rings is 1.